The van der Waals surface area contributed by atoms with Crippen LogP contribution >= 0.6 is 23.4 Å². The summed E-state index contributed by atoms with van der Waals surface area (Å²) < 4.78 is 14.7. The zero-order valence-corrected chi connectivity index (χ0v) is 17.9. The minimum absolute atomic E-state index is 0.0342. The van der Waals surface area contributed by atoms with Gasteiger partial charge in [0.2, 0.25) is 11.8 Å². The number of amides is 2. The van der Waals surface area contributed by atoms with Crippen LogP contribution in [0.2, 0.25) is 5.02 Å². The zero-order valence-electron chi connectivity index (χ0n) is 16.3. The highest BCUT2D eigenvalue weighted by Crippen LogP contribution is 2.20. The number of nitrogens with zero attached hydrogens (tertiary/aromatic N) is 3. The molecule has 7 nitrogen and oxygen atoms in total. The maximum Gasteiger partial charge on any atom is 0.234 e. The molecule has 0 aliphatic rings. The molecular formula is C21H19ClFN5O2S. The third-order valence-corrected chi connectivity index (χ3v) is 5.19. The number of rotatable bonds is 9. The largest absolute Gasteiger partial charge is 0.326 e. The number of hydrogen-bond donors (Lipinski definition) is 2. The van der Waals surface area contributed by atoms with E-state index in [1.807, 2.05) is 0 Å². The second kappa shape index (κ2) is 10.7. The van der Waals surface area contributed by atoms with Gasteiger partial charge in [-0.15, -0.1) is 16.8 Å². The molecule has 2 amide bonds. The molecule has 0 spiro atoms. The second-order valence-electron chi connectivity index (χ2n) is 6.38. The summed E-state index contributed by atoms with van der Waals surface area (Å²) in [5.41, 5.74) is 1.08. The maximum absolute atomic E-state index is 13.0. The van der Waals surface area contributed by atoms with Crippen LogP contribution in [0.5, 0.6) is 0 Å². The number of benzene rings is 2. The SMILES string of the molecule is C=CCn1c(CC(=O)Nc2ccc(F)cc2)nnc1SCC(=O)Nc1cccc(Cl)c1. The average Bonchev–Trinajstić information content (AvgIpc) is 3.10. The molecule has 0 unspecified atom stereocenters. The number of halogens is 2. The Morgan fingerprint density at radius 1 is 1.10 bits per heavy atom. The van der Waals surface area contributed by atoms with Crippen LogP contribution in [0.3, 0.4) is 0 Å². The standard InChI is InChI=1S/C21H19ClFN5O2S/c1-2-10-28-18(12-19(29)24-16-8-6-15(23)7-9-16)26-27-21(28)31-13-20(30)25-17-5-3-4-14(22)11-17/h2-9,11H,1,10,12-13H2,(H,24,29)(H,25,30). The monoisotopic (exact) mass is 459 g/mol. The summed E-state index contributed by atoms with van der Waals surface area (Å²) in [6, 6.07) is 12.3. The Morgan fingerprint density at radius 2 is 1.84 bits per heavy atom. The normalized spacial score (nSPS) is 10.5. The number of hydrogen-bond acceptors (Lipinski definition) is 5. The van der Waals surface area contributed by atoms with Gasteiger partial charge in [0, 0.05) is 22.9 Å². The maximum atomic E-state index is 13.0. The number of carbonyl (C=O) groups is 2. The minimum Gasteiger partial charge on any atom is -0.326 e. The zero-order chi connectivity index (χ0) is 22.2. The van der Waals surface area contributed by atoms with Gasteiger partial charge in [0.05, 0.1) is 12.2 Å². The smallest absolute Gasteiger partial charge is 0.234 e. The van der Waals surface area contributed by atoms with Crippen molar-refractivity contribution < 1.29 is 14.0 Å². The Morgan fingerprint density at radius 3 is 2.55 bits per heavy atom. The molecule has 1 heterocycles. The lowest BCUT2D eigenvalue weighted by atomic mass is 10.3. The molecular weight excluding hydrogens is 441 g/mol. The third kappa shape index (κ3) is 6.66. The highest BCUT2D eigenvalue weighted by atomic mass is 35.5. The van der Waals surface area contributed by atoms with Crippen molar-refractivity contribution in [3.05, 3.63) is 77.9 Å². The van der Waals surface area contributed by atoms with Crippen LogP contribution in [-0.2, 0) is 22.6 Å². The van der Waals surface area contributed by atoms with E-state index in [4.69, 9.17) is 11.6 Å². The summed E-state index contributed by atoms with van der Waals surface area (Å²) in [7, 11) is 0. The van der Waals surface area contributed by atoms with E-state index in [1.165, 1.54) is 36.0 Å². The van der Waals surface area contributed by atoms with E-state index >= 15 is 0 Å². The van der Waals surface area contributed by atoms with Crippen molar-refractivity contribution >= 4 is 46.6 Å². The first-order chi connectivity index (χ1) is 14.9. The fourth-order valence-corrected chi connectivity index (χ4v) is 3.60. The number of anilines is 2. The fourth-order valence-electron chi connectivity index (χ4n) is 2.64. The van der Waals surface area contributed by atoms with Gasteiger partial charge in [0.15, 0.2) is 5.16 Å². The van der Waals surface area contributed by atoms with Crippen molar-refractivity contribution in [2.24, 2.45) is 0 Å². The van der Waals surface area contributed by atoms with Crippen LogP contribution in [0, 0.1) is 5.82 Å². The summed E-state index contributed by atoms with van der Waals surface area (Å²) >= 11 is 7.12. The number of nitrogens with one attached hydrogen (secondary N) is 2. The minimum atomic E-state index is -0.384. The lowest BCUT2D eigenvalue weighted by molar-refractivity contribution is -0.116. The topological polar surface area (TPSA) is 88.9 Å². The van der Waals surface area contributed by atoms with E-state index in [9.17, 15) is 14.0 Å². The van der Waals surface area contributed by atoms with Gasteiger partial charge in [-0.05, 0) is 42.5 Å². The molecule has 0 saturated heterocycles. The first kappa shape index (κ1) is 22.5. The van der Waals surface area contributed by atoms with Crippen LogP contribution in [-0.4, -0.2) is 32.3 Å². The van der Waals surface area contributed by atoms with Gasteiger partial charge >= 0.3 is 0 Å². The summed E-state index contributed by atoms with van der Waals surface area (Å²) in [4.78, 5) is 24.6. The Labute approximate surface area is 187 Å². The quantitative estimate of drug-likeness (QED) is 0.370. The van der Waals surface area contributed by atoms with Crippen LogP contribution in [0.25, 0.3) is 0 Å². The molecule has 3 rings (SSSR count). The van der Waals surface area contributed by atoms with Crippen molar-refractivity contribution in [3.8, 4) is 0 Å². The molecule has 0 fully saturated rings. The fraction of sp³-hybridized carbons (Fsp3) is 0.143. The number of carbonyl (C=O) groups excluding carboxylic acids is 2. The molecule has 10 heteroatoms. The lowest BCUT2D eigenvalue weighted by Gasteiger charge is -2.09. The summed E-state index contributed by atoms with van der Waals surface area (Å²) in [5.74, 6) is -0.401. The Balaban J connectivity index is 1.61. The molecule has 1 aromatic heterocycles. The van der Waals surface area contributed by atoms with Gasteiger partial charge in [-0.2, -0.15) is 0 Å². The van der Waals surface area contributed by atoms with Gasteiger partial charge in [-0.25, -0.2) is 4.39 Å². The van der Waals surface area contributed by atoms with E-state index < -0.39 is 0 Å². The molecule has 0 saturated carbocycles. The van der Waals surface area contributed by atoms with Crippen molar-refractivity contribution in [2.75, 3.05) is 16.4 Å². The van der Waals surface area contributed by atoms with Gasteiger partial charge in [0.25, 0.3) is 0 Å². The highest BCUT2D eigenvalue weighted by molar-refractivity contribution is 7.99. The molecule has 31 heavy (non-hydrogen) atoms. The average molecular weight is 460 g/mol. The summed E-state index contributed by atoms with van der Waals surface area (Å²) in [6.07, 6.45) is 1.62. The number of allylic oxidation sites excluding steroid dienone is 1. The molecule has 2 aromatic carbocycles. The van der Waals surface area contributed by atoms with Crippen molar-refractivity contribution in [1.82, 2.24) is 14.8 Å². The molecule has 0 atom stereocenters. The Kier molecular flexibility index (Phi) is 7.80. The molecule has 0 bridgehead atoms. The molecule has 0 aliphatic carbocycles. The van der Waals surface area contributed by atoms with Crippen LogP contribution in [0.1, 0.15) is 5.82 Å². The van der Waals surface area contributed by atoms with E-state index in [2.05, 4.69) is 27.4 Å². The van der Waals surface area contributed by atoms with Gasteiger partial charge in [0.1, 0.15) is 11.6 Å². The van der Waals surface area contributed by atoms with Crippen molar-refractivity contribution in [2.45, 2.75) is 18.1 Å². The van der Waals surface area contributed by atoms with Crippen LogP contribution in [0.4, 0.5) is 15.8 Å². The van der Waals surface area contributed by atoms with E-state index in [1.54, 1.807) is 34.9 Å². The molecule has 0 aliphatic heterocycles. The van der Waals surface area contributed by atoms with Gasteiger partial charge in [-0.3, -0.25) is 9.59 Å². The van der Waals surface area contributed by atoms with E-state index in [-0.39, 0.29) is 29.8 Å². The van der Waals surface area contributed by atoms with Crippen molar-refractivity contribution in [3.63, 3.8) is 0 Å². The number of thioether (sulfide) groups is 1. The van der Waals surface area contributed by atoms with E-state index in [0.29, 0.717) is 33.9 Å². The third-order valence-electron chi connectivity index (χ3n) is 3.99. The van der Waals surface area contributed by atoms with E-state index in [0.717, 1.165) is 0 Å². The first-order valence-corrected chi connectivity index (χ1v) is 10.6. The van der Waals surface area contributed by atoms with Gasteiger partial charge < -0.3 is 15.2 Å². The summed E-state index contributed by atoms with van der Waals surface area (Å²) in [5, 5.41) is 14.6. The second-order valence-corrected chi connectivity index (χ2v) is 7.76. The summed E-state index contributed by atoms with van der Waals surface area (Å²) in [6.45, 7) is 4.10. The van der Waals surface area contributed by atoms with Crippen molar-refractivity contribution in [1.29, 1.82) is 0 Å². The highest BCUT2D eigenvalue weighted by Gasteiger charge is 2.16. The van der Waals surface area contributed by atoms with Crippen LogP contribution < -0.4 is 10.6 Å². The Bertz CT molecular complexity index is 1090. The lowest BCUT2D eigenvalue weighted by Crippen LogP contribution is -2.18. The Hall–Kier alpha value is -3.17. The number of aromatic nitrogens is 3. The predicted octanol–water partition coefficient (Wildman–Crippen LogP) is 4.17. The molecule has 3 aromatic rings. The molecule has 2 N–H and O–H groups in total. The van der Waals surface area contributed by atoms with Gasteiger partial charge in [-0.1, -0.05) is 35.5 Å². The predicted molar refractivity (Wildman–Crippen MR) is 120 cm³/mol. The van der Waals surface area contributed by atoms with Crippen LogP contribution in [0.15, 0.2) is 66.3 Å². The molecule has 0 radical (unpaired) electrons. The molecule has 160 valence electrons. The first-order valence-electron chi connectivity index (χ1n) is 9.21.